The van der Waals surface area contributed by atoms with Crippen LogP contribution in [0.5, 0.6) is 0 Å². The maximum absolute atomic E-state index is 12.3. The molecule has 1 N–H and O–H groups in total. The van der Waals surface area contributed by atoms with Crippen molar-refractivity contribution < 1.29 is 27.9 Å². The molecule has 0 saturated carbocycles. The first-order chi connectivity index (χ1) is 10.9. The van der Waals surface area contributed by atoms with Gasteiger partial charge >= 0.3 is 22.3 Å². The lowest BCUT2D eigenvalue weighted by Crippen LogP contribution is -2.39. The van der Waals surface area contributed by atoms with Crippen molar-refractivity contribution in [3.8, 4) is 0 Å². The predicted molar refractivity (Wildman–Crippen MR) is 82.4 cm³/mol. The van der Waals surface area contributed by atoms with Crippen molar-refractivity contribution in [3.05, 3.63) is 17.7 Å². The van der Waals surface area contributed by atoms with Crippen LogP contribution in [0.1, 0.15) is 38.2 Å². The van der Waals surface area contributed by atoms with Crippen LogP contribution in [0.25, 0.3) is 0 Å². The summed E-state index contributed by atoms with van der Waals surface area (Å²) >= 11 is 0. The topological polar surface area (TPSA) is 122 Å². The molecule has 10 nitrogen and oxygen atoms in total. The fraction of sp³-hybridized carbons (Fsp3) is 0.615. The molecule has 2 rings (SSSR count). The van der Waals surface area contributed by atoms with E-state index in [0.29, 0.717) is 0 Å². The van der Waals surface area contributed by atoms with Gasteiger partial charge in [0.1, 0.15) is 11.9 Å². The largest absolute Gasteiger partial charge is 0.479 e. The summed E-state index contributed by atoms with van der Waals surface area (Å²) in [4.78, 5) is 28.7. The number of hydrogen-bond acceptors (Lipinski definition) is 6. The van der Waals surface area contributed by atoms with Gasteiger partial charge in [0.05, 0.1) is 17.9 Å². The van der Waals surface area contributed by atoms with Crippen molar-refractivity contribution in [3.63, 3.8) is 0 Å². The van der Waals surface area contributed by atoms with Gasteiger partial charge in [0.25, 0.3) is 0 Å². The van der Waals surface area contributed by atoms with E-state index in [1.165, 1.54) is 14.1 Å². The Morgan fingerprint density at radius 1 is 1.38 bits per heavy atom. The smallest absolute Gasteiger partial charge is 0.411 e. The highest BCUT2D eigenvalue weighted by molar-refractivity contribution is 7.87. The molecule has 0 radical (unpaired) electrons. The first-order valence-electron chi connectivity index (χ1n) is 7.08. The highest BCUT2D eigenvalue weighted by atomic mass is 32.2. The number of imidazole rings is 1. The molecule has 1 aliphatic rings. The van der Waals surface area contributed by atoms with E-state index in [2.05, 4.69) is 4.98 Å². The number of fused-ring (bicyclic) bond motifs is 1. The molecule has 1 atom stereocenters. The van der Waals surface area contributed by atoms with Crippen LogP contribution in [0.3, 0.4) is 0 Å². The summed E-state index contributed by atoms with van der Waals surface area (Å²) in [6.45, 7) is 4.73. The second kappa shape index (κ2) is 5.74. The van der Waals surface area contributed by atoms with Crippen LogP contribution >= 0.6 is 0 Å². The summed E-state index contributed by atoms with van der Waals surface area (Å²) in [7, 11) is -1.19. The number of aromatic nitrogens is 2. The van der Waals surface area contributed by atoms with E-state index in [1.807, 2.05) is 0 Å². The molecule has 1 aromatic rings. The van der Waals surface area contributed by atoms with Crippen molar-refractivity contribution >= 4 is 22.3 Å². The molecule has 0 aliphatic carbocycles. The molecule has 0 aromatic carbocycles. The quantitative estimate of drug-likeness (QED) is 0.828. The Hall–Kier alpha value is -2.14. The Balaban J connectivity index is 2.45. The molecule has 1 aliphatic heterocycles. The number of carbonyl (C=O) groups excluding carboxylic acids is 1. The molecule has 0 spiro atoms. The fourth-order valence-electron chi connectivity index (χ4n) is 2.27. The molecule has 1 aromatic heterocycles. The molecule has 0 saturated heterocycles. The van der Waals surface area contributed by atoms with Crippen LogP contribution in [0.4, 0.5) is 4.79 Å². The van der Waals surface area contributed by atoms with Crippen molar-refractivity contribution in [2.75, 3.05) is 14.1 Å². The number of carboxylic acids is 1. The molecule has 11 heteroatoms. The van der Waals surface area contributed by atoms with Gasteiger partial charge in [0, 0.05) is 14.1 Å². The predicted octanol–water partition coefficient (Wildman–Crippen LogP) is 0.414. The first-order valence-corrected chi connectivity index (χ1v) is 8.47. The number of aliphatic carboxylic acids is 1. The lowest BCUT2D eigenvalue weighted by atomic mass is 10.2. The molecule has 1 amide bonds. The summed E-state index contributed by atoms with van der Waals surface area (Å²) in [6.07, 6.45) is 0.198. The molecular formula is C13H20N4O6S. The van der Waals surface area contributed by atoms with Crippen LogP contribution in [0, 0.1) is 0 Å². The zero-order chi connectivity index (χ0) is 18.4. The summed E-state index contributed by atoms with van der Waals surface area (Å²) in [5.74, 6) is -1.31. The van der Waals surface area contributed by atoms with Gasteiger partial charge in [0.15, 0.2) is 6.04 Å². The van der Waals surface area contributed by atoms with Crippen molar-refractivity contribution in [2.24, 2.45) is 0 Å². The Kier molecular flexibility index (Phi) is 4.35. The van der Waals surface area contributed by atoms with E-state index in [0.717, 1.165) is 19.5 Å². The Morgan fingerprint density at radius 3 is 2.42 bits per heavy atom. The zero-order valence-electron chi connectivity index (χ0n) is 14.0. The number of carbonyl (C=O) groups is 2. The SMILES string of the molecule is CN(C)S(=O)(=O)n1cnc2c1CN(C(=O)OC(C)(C)C)C2C(=O)O. The van der Waals surface area contributed by atoms with E-state index in [1.54, 1.807) is 20.8 Å². The van der Waals surface area contributed by atoms with E-state index in [4.69, 9.17) is 4.74 Å². The number of hydrogen-bond donors (Lipinski definition) is 1. The van der Waals surface area contributed by atoms with Crippen LogP contribution in [-0.4, -0.2) is 63.4 Å². The molecule has 24 heavy (non-hydrogen) atoms. The number of nitrogens with zero attached hydrogens (tertiary/aromatic N) is 4. The van der Waals surface area contributed by atoms with Crippen molar-refractivity contribution in [1.29, 1.82) is 0 Å². The minimum Gasteiger partial charge on any atom is -0.479 e. The summed E-state index contributed by atoms with van der Waals surface area (Å²) in [6, 6.07) is -1.39. The monoisotopic (exact) mass is 360 g/mol. The van der Waals surface area contributed by atoms with E-state index in [-0.39, 0.29) is 17.9 Å². The number of ether oxygens (including phenoxy) is 1. The van der Waals surface area contributed by atoms with Crippen LogP contribution in [0.15, 0.2) is 6.33 Å². The van der Waals surface area contributed by atoms with E-state index < -0.39 is 33.9 Å². The third-order valence-electron chi connectivity index (χ3n) is 3.33. The minimum absolute atomic E-state index is 0.0128. The fourth-order valence-corrected chi connectivity index (χ4v) is 3.21. The second-order valence-electron chi connectivity index (χ2n) is 6.51. The lowest BCUT2D eigenvalue weighted by Gasteiger charge is -2.26. The van der Waals surface area contributed by atoms with Gasteiger partial charge in [0.2, 0.25) is 0 Å². The summed E-state index contributed by atoms with van der Waals surface area (Å²) < 4.78 is 31.7. The Bertz CT molecular complexity index is 777. The molecule has 1 unspecified atom stereocenters. The van der Waals surface area contributed by atoms with Gasteiger partial charge < -0.3 is 9.84 Å². The summed E-state index contributed by atoms with van der Waals surface area (Å²) in [5, 5.41) is 9.44. The highest BCUT2D eigenvalue weighted by Gasteiger charge is 2.45. The van der Waals surface area contributed by atoms with Crippen molar-refractivity contribution in [1.82, 2.24) is 18.2 Å². The number of amides is 1. The normalized spacial score (nSPS) is 17.9. The molecule has 0 bridgehead atoms. The Morgan fingerprint density at radius 2 is 1.96 bits per heavy atom. The van der Waals surface area contributed by atoms with Gasteiger partial charge in [-0.3, -0.25) is 4.90 Å². The standard InChI is InChI=1S/C13H20N4O6S/c1-13(2,3)23-12(20)16-6-8-9(10(16)11(18)19)14-7-17(8)24(21,22)15(4)5/h7,10H,6H2,1-5H3,(H,18,19). The summed E-state index contributed by atoms with van der Waals surface area (Å²) in [5.41, 5.74) is -0.674. The third kappa shape index (κ3) is 3.08. The Labute approximate surface area is 139 Å². The van der Waals surface area contributed by atoms with Gasteiger partial charge in [-0.25, -0.2) is 18.5 Å². The number of rotatable bonds is 3. The number of carboxylic acid groups (broad SMARTS) is 1. The van der Waals surface area contributed by atoms with Crippen molar-refractivity contribution in [2.45, 2.75) is 39.0 Å². The average Bonchev–Trinajstić information content (AvgIpc) is 2.93. The third-order valence-corrected chi connectivity index (χ3v) is 5.06. The second-order valence-corrected chi connectivity index (χ2v) is 8.53. The lowest BCUT2D eigenvalue weighted by molar-refractivity contribution is -0.143. The molecule has 0 fully saturated rings. The van der Waals surface area contributed by atoms with Crippen LogP contribution < -0.4 is 0 Å². The minimum atomic E-state index is -3.88. The average molecular weight is 360 g/mol. The van der Waals surface area contributed by atoms with Gasteiger partial charge in [-0.2, -0.15) is 12.7 Å². The van der Waals surface area contributed by atoms with Gasteiger partial charge in [-0.05, 0) is 20.8 Å². The van der Waals surface area contributed by atoms with E-state index in [9.17, 15) is 23.1 Å². The molecule has 134 valence electrons. The zero-order valence-corrected chi connectivity index (χ0v) is 14.9. The van der Waals surface area contributed by atoms with E-state index >= 15 is 0 Å². The molecule has 2 heterocycles. The first kappa shape index (κ1) is 18.2. The highest BCUT2D eigenvalue weighted by Crippen LogP contribution is 2.35. The van der Waals surface area contributed by atoms with Gasteiger partial charge in [-0.1, -0.05) is 0 Å². The maximum Gasteiger partial charge on any atom is 0.411 e. The van der Waals surface area contributed by atoms with Crippen LogP contribution in [-0.2, 0) is 26.3 Å². The van der Waals surface area contributed by atoms with Crippen LogP contribution in [0.2, 0.25) is 0 Å². The molecular weight excluding hydrogens is 340 g/mol. The maximum atomic E-state index is 12.3. The van der Waals surface area contributed by atoms with Gasteiger partial charge in [-0.15, -0.1) is 0 Å².